The van der Waals surface area contributed by atoms with E-state index in [1.807, 2.05) is 13.8 Å². The fourth-order valence-electron chi connectivity index (χ4n) is 2.06. The third-order valence-electron chi connectivity index (χ3n) is 3.34. The first-order valence-electron chi connectivity index (χ1n) is 7.55. The van der Waals surface area contributed by atoms with E-state index in [2.05, 4.69) is 44.3 Å². The Bertz CT molecular complexity index is 476. The van der Waals surface area contributed by atoms with Crippen LogP contribution >= 0.6 is 11.8 Å². The molecule has 0 saturated heterocycles. The van der Waals surface area contributed by atoms with Crippen molar-refractivity contribution in [3.05, 3.63) is 29.3 Å². The van der Waals surface area contributed by atoms with Crippen LogP contribution in [0.15, 0.2) is 23.1 Å². The fraction of sp³-hybridized carbons (Fsp3) is 0.588. The molecule has 0 aliphatic carbocycles. The van der Waals surface area contributed by atoms with E-state index >= 15 is 0 Å². The predicted molar refractivity (Wildman–Crippen MR) is 90.0 cm³/mol. The van der Waals surface area contributed by atoms with E-state index in [0.717, 1.165) is 13.0 Å². The zero-order valence-corrected chi connectivity index (χ0v) is 14.6. The van der Waals surface area contributed by atoms with Gasteiger partial charge in [0, 0.05) is 10.6 Å². The Kier molecular flexibility index (Phi) is 7.26. The van der Waals surface area contributed by atoms with Crippen molar-refractivity contribution in [2.24, 2.45) is 0 Å². The average Bonchev–Trinajstić information content (AvgIpc) is 2.44. The molecule has 0 aromatic heterocycles. The number of nitrogens with one attached hydrogen (secondary N) is 1. The number of benzene rings is 1. The molecule has 1 atom stereocenters. The molecule has 0 aliphatic heterocycles. The van der Waals surface area contributed by atoms with E-state index in [4.69, 9.17) is 4.74 Å². The van der Waals surface area contributed by atoms with Crippen LogP contribution in [0, 0.1) is 13.8 Å². The van der Waals surface area contributed by atoms with Crippen LogP contribution in [0.4, 0.5) is 0 Å². The monoisotopic (exact) mass is 309 g/mol. The average molecular weight is 309 g/mol. The lowest BCUT2D eigenvalue weighted by atomic mass is 10.1. The van der Waals surface area contributed by atoms with Crippen molar-refractivity contribution in [1.82, 2.24) is 5.32 Å². The number of rotatable bonds is 8. The number of hydrogen-bond acceptors (Lipinski definition) is 4. The first-order valence-corrected chi connectivity index (χ1v) is 8.53. The van der Waals surface area contributed by atoms with Gasteiger partial charge in [0.15, 0.2) is 0 Å². The summed E-state index contributed by atoms with van der Waals surface area (Å²) in [6.45, 7) is 11.3. The Morgan fingerprint density at radius 1 is 1.33 bits per heavy atom. The fourth-order valence-corrected chi connectivity index (χ4v) is 3.17. The maximum atomic E-state index is 12.2. The molecule has 1 N–H and O–H groups in total. The van der Waals surface area contributed by atoms with Gasteiger partial charge >= 0.3 is 5.97 Å². The predicted octanol–water partition coefficient (Wildman–Crippen LogP) is 3.72. The lowest BCUT2D eigenvalue weighted by Crippen LogP contribution is -2.52. The molecule has 3 nitrogen and oxygen atoms in total. The number of ether oxygens (including phenoxy) is 1. The number of carbonyl (C=O) groups excluding carboxylic acids is 1. The van der Waals surface area contributed by atoms with E-state index in [1.54, 1.807) is 11.8 Å². The lowest BCUT2D eigenvalue weighted by Gasteiger charge is -2.28. The Hall–Kier alpha value is -1.00. The molecular formula is C17H27NO2S. The summed E-state index contributed by atoms with van der Waals surface area (Å²) in [5.74, 6) is 0.492. The molecule has 0 heterocycles. The molecule has 1 aromatic rings. The summed E-state index contributed by atoms with van der Waals surface area (Å²) in [6, 6.07) is 6.40. The van der Waals surface area contributed by atoms with E-state index in [-0.39, 0.29) is 5.97 Å². The van der Waals surface area contributed by atoms with Crippen molar-refractivity contribution in [1.29, 1.82) is 0 Å². The molecule has 4 heteroatoms. The third-order valence-corrected chi connectivity index (χ3v) is 4.83. The van der Waals surface area contributed by atoms with Gasteiger partial charge in [0.05, 0.1) is 6.61 Å². The highest BCUT2D eigenvalue weighted by Crippen LogP contribution is 2.27. The minimum Gasteiger partial charge on any atom is -0.465 e. The van der Waals surface area contributed by atoms with E-state index in [0.29, 0.717) is 12.4 Å². The first-order chi connectivity index (χ1) is 9.92. The largest absolute Gasteiger partial charge is 0.465 e. The number of aryl methyl sites for hydroxylation is 2. The highest BCUT2D eigenvalue weighted by Gasteiger charge is 2.34. The van der Waals surface area contributed by atoms with Gasteiger partial charge in [0.2, 0.25) is 0 Å². The van der Waals surface area contributed by atoms with Gasteiger partial charge in [-0.25, -0.2) is 0 Å². The van der Waals surface area contributed by atoms with Crippen LogP contribution in [-0.2, 0) is 9.53 Å². The van der Waals surface area contributed by atoms with Gasteiger partial charge < -0.3 is 10.1 Å². The van der Waals surface area contributed by atoms with Crippen molar-refractivity contribution in [3.8, 4) is 0 Å². The van der Waals surface area contributed by atoms with Gasteiger partial charge in [0.25, 0.3) is 0 Å². The lowest BCUT2D eigenvalue weighted by molar-refractivity contribution is -0.149. The molecule has 1 aromatic carbocycles. The van der Waals surface area contributed by atoms with Crippen LogP contribution in [0.2, 0.25) is 0 Å². The summed E-state index contributed by atoms with van der Waals surface area (Å²) in [5.41, 5.74) is 1.87. The van der Waals surface area contributed by atoms with Gasteiger partial charge in [-0.1, -0.05) is 24.6 Å². The molecule has 1 rings (SSSR count). The second kappa shape index (κ2) is 8.44. The maximum absolute atomic E-state index is 12.2. The van der Waals surface area contributed by atoms with Crippen LogP contribution in [0.1, 0.15) is 38.3 Å². The molecule has 118 valence electrons. The summed E-state index contributed by atoms with van der Waals surface area (Å²) in [7, 11) is 0. The standard InChI is InChI=1S/C17H27NO2S/c1-6-10-18-17(5,16(19)20-7-2)12-21-15-9-8-13(3)11-14(15)4/h8-9,11,18H,6-7,10,12H2,1-5H3. The molecule has 21 heavy (non-hydrogen) atoms. The summed E-state index contributed by atoms with van der Waals surface area (Å²) in [4.78, 5) is 13.5. The van der Waals surface area contributed by atoms with E-state index in [1.165, 1.54) is 16.0 Å². The van der Waals surface area contributed by atoms with Crippen LogP contribution in [0.3, 0.4) is 0 Å². The van der Waals surface area contributed by atoms with Gasteiger partial charge in [-0.2, -0.15) is 0 Å². The molecule has 0 saturated carbocycles. The zero-order valence-electron chi connectivity index (χ0n) is 13.8. The third kappa shape index (κ3) is 5.36. The second-order valence-corrected chi connectivity index (χ2v) is 6.55. The van der Waals surface area contributed by atoms with Crippen molar-refractivity contribution < 1.29 is 9.53 Å². The van der Waals surface area contributed by atoms with Crippen molar-refractivity contribution >= 4 is 17.7 Å². The van der Waals surface area contributed by atoms with Crippen LogP contribution in [0.25, 0.3) is 0 Å². The van der Waals surface area contributed by atoms with Gasteiger partial charge in [0.1, 0.15) is 5.54 Å². The number of thioether (sulfide) groups is 1. The normalized spacial score (nSPS) is 13.8. The smallest absolute Gasteiger partial charge is 0.326 e. The number of hydrogen-bond donors (Lipinski definition) is 1. The summed E-state index contributed by atoms with van der Waals surface area (Å²) in [6.07, 6.45) is 0.989. The number of carbonyl (C=O) groups is 1. The van der Waals surface area contributed by atoms with E-state index in [9.17, 15) is 4.79 Å². The molecule has 0 amide bonds. The Morgan fingerprint density at radius 3 is 2.62 bits per heavy atom. The van der Waals surface area contributed by atoms with Gasteiger partial charge in [-0.3, -0.25) is 4.79 Å². The summed E-state index contributed by atoms with van der Waals surface area (Å²) >= 11 is 1.70. The first kappa shape index (κ1) is 18.1. The van der Waals surface area contributed by atoms with Crippen LogP contribution in [0.5, 0.6) is 0 Å². The highest BCUT2D eigenvalue weighted by atomic mass is 32.2. The zero-order chi connectivity index (χ0) is 15.9. The maximum Gasteiger partial charge on any atom is 0.326 e. The SMILES string of the molecule is CCCNC(C)(CSc1ccc(C)cc1C)C(=O)OCC. The quantitative estimate of drug-likeness (QED) is 0.587. The Labute approximate surface area is 132 Å². The van der Waals surface area contributed by atoms with Crippen LogP contribution < -0.4 is 5.32 Å². The molecule has 0 radical (unpaired) electrons. The Balaban J connectivity index is 2.78. The Morgan fingerprint density at radius 2 is 2.05 bits per heavy atom. The van der Waals surface area contributed by atoms with Crippen molar-refractivity contribution in [3.63, 3.8) is 0 Å². The van der Waals surface area contributed by atoms with Gasteiger partial charge in [-0.05, 0) is 52.3 Å². The molecule has 0 bridgehead atoms. The molecule has 0 spiro atoms. The molecule has 0 fully saturated rings. The van der Waals surface area contributed by atoms with Crippen molar-refractivity contribution in [2.45, 2.75) is 51.5 Å². The molecule has 0 aliphatic rings. The van der Waals surface area contributed by atoms with Crippen molar-refractivity contribution in [2.75, 3.05) is 18.9 Å². The molecule has 1 unspecified atom stereocenters. The summed E-state index contributed by atoms with van der Waals surface area (Å²) in [5, 5.41) is 3.34. The number of esters is 1. The minimum atomic E-state index is -0.645. The molecular weight excluding hydrogens is 282 g/mol. The highest BCUT2D eigenvalue weighted by molar-refractivity contribution is 7.99. The minimum absolute atomic E-state index is 0.171. The van der Waals surface area contributed by atoms with E-state index < -0.39 is 5.54 Å². The topological polar surface area (TPSA) is 38.3 Å². The van der Waals surface area contributed by atoms with Crippen LogP contribution in [-0.4, -0.2) is 30.4 Å². The van der Waals surface area contributed by atoms with Gasteiger partial charge in [-0.15, -0.1) is 11.8 Å². The second-order valence-electron chi connectivity index (χ2n) is 5.54. The summed E-state index contributed by atoms with van der Waals surface area (Å²) < 4.78 is 5.23.